The molecule has 0 unspecified atom stereocenters. The summed E-state index contributed by atoms with van der Waals surface area (Å²) < 4.78 is 26.3. The minimum absolute atomic E-state index is 0.110. The SMILES string of the molecule is CN(CC(=O)NCC(C)(C)c1ccc(Cl)cc1)S(=O)(=O)c1ccc(Cl)s1. The number of carbonyl (C=O) groups is 1. The summed E-state index contributed by atoms with van der Waals surface area (Å²) >= 11 is 12.7. The predicted octanol–water partition coefficient (Wildman–Crippen LogP) is 3.77. The molecule has 9 heteroatoms. The van der Waals surface area contributed by atoms with Crippen molar-refractivity contribution >= 4 is 50.5 Å². The molecule has 1 amide bonds. The molecule has 0 bridgehead atoms. The highest BCUT2D eigenvalue weighted by Crippen LogP contribution is 2.27. The number of thiophene rings is 1. The zero-order chi connectivity index (χ0) is 19.5. The van der Waals surface area contributed by atoms with Crippen molar-refractivity contribution in [3.05, 3.63) is 51.3 Å². The van der Waals surface area contributed by atoms with Crippen LogP contribution in [0.1, 0.15) is 19.4 Å². The van der Waals surface area contributed by atoms with Crippen LogP contribution in [0.4, 0.5) is 0 Å². The van der Waals surface area contributed by atoms with Crippen molar-refractivity contribution in [2.75, 3.05) is 20.1 Å². The summed E-state index contributed by atoms with van der Waals surface area (Å²) in [6.45, 7) is 4.08. The monoisotopic (exact) mass is 434 g/mol. The van der Waals surface area contributed by atoms with E-state index in [1.54, 1.807) is 12.1 Å². The van der Waals surface area contributed by atoms with Crippen LogP contribution in [0.25, 0.3) is 0 Å². The molecule has 0 spiro atoms. The van der Waals surface area contributed by atoms with E-state index >= 15 is 0 Å². The van der Waals surface area contributed by atoms with Gasteiger partial charge in [-0.1, -0.05) is 49.2 Å². The molecule has 0 aliphatic rings. The standard InChI is InChI=1S/C17H20Cl2N2O3S2/c1-17(2,12-4-6-13(18)7-5-12)11-20-15(22)10-21(3)26(23,24)16-9-8-14(19)25-16/h4-9H,10-11H2,1-3H3,(H,20,22). The Morgan fingerprint density at radius 3 is 2.31 bits per heavy atom. The van der Waals surface area contributed by atoms with Crippen LogP contribution in [-0.2, 0) is 20.2 Å². The van der Waals surface area contributed by atoms with Gasteiger partial charge in [0.1, 0.15) is 4.21 Å². The Labute approximate surface area is 168 Å². The third-order valence-corrected chi connectivity index (χ3v) is 7.69. The van der Waals surface area contributed by atoms with E-state index in [-0.39, 0.29) is 22.1 Å². The molecular formula is C17H20Cl2N2O3S2. The van der Waals surface area contributed by atoms with Crippen molar-refractivity contribution in [2.45, 2.75) is 23.5 Å². The van der Waals surface area contributed by atoms with Gasteiger partial charge in [-0.25, -0.2) is 8.42 Å². The molecule has 0 radical (unpaired) electrons. The lowest BCUT2D eigenvalue weighted by molar-refractivity contribution is -0.121. The molecule has 5 nitrogen and oxygen atoms in total. The fourth-order valence-electron chi connectivity index (χ4n) is 2.26. The molecule has 1 N–H and O–H groups in total. The first kappa shape index (κ1) is 21.2. The van der Waals surface area contributed by atoms with Crippen LogP contribution in [0.15, 0.2) is 40.6 Å². The molecule has 1 aromatic heterocycles. The Kier molecular flexibility index (Phi) is 6.74. The van der Waals surface area contributed by atoms with E-state index in [4.69, 9.17) is 23.2 Å². The summed E-state index contributed by atoms with van der Waals surface area (Å²) in [6, 6.07) is 10.4. The molecule has 26 heavy (non-hydrogen) atoms. The number of rotatable bonds is 7. The number of sulfonamides is 1. The highest BCUT2D eigenvalue weighted by atomic mass is 35.5. The van der Waals surface area contributed by atoms with Crippen molar-refractivity contribution in [1.82, 2.24) is 9.62 Å². The number of halogens is 2. The molecule has 0 aliphatic carbocycles. The second kappa shape index (κ2) is 8.27. The number of nitrogens with one attached hydrogen (secondary N) is 1. The quantitative estimate of drug-likeness (QED) is 0.720. The van der Waals surface area contributed by atoms with Crippen molar-refractivity contribution < 1.29 is 13.2 Å². The van der Waals surface area contributed by atoms with Crippen LogP contribution in [0.5, 0.6) is 0 Å². The molecule has 2 rings (SSSR count). The predicted molar refractivity (Wildman–Crippen MR) is 107 cm³/mol. The summed E-state index contributed by atoms with van der Waals surface area (Å²) in [5.41, 5.74) is 0.704. The number of nitrogens with zero attached hydrogens (tertiary/aromatic N) is 1. The normalized spacial score (nSPS) is 12.4. The van der Waals surface area contributed by atoms with Crippen LogP contribution in [-0.4, -0.2) is 38.8 Å². The lowest BCUT2D eigenvalue weighted by atomic mass is 9.84. The van der Waals surface area contributed by atoms with E-state index in [9.17, 15) is 13.2 Å². The van der Waals surface area contributed by atoms with E-state index in [2.05, 4.69) is 5.32 Å². The van der Waals surface area contributed by atoms with Crippen molar-refractivity contribution in [2.24, 2.45) is 0 Å². The second-order valence-corrected chi connectivity index (χ2v) is 10.9. The van der Waals surface area contributed by atoms with Gasteiger partial charge in [0.15, 0.2) is 0 Å². The number of hydrogen-bond donors (Lipinski definition) is 1. The molecular weight excluding hydrogens is 415 g/mol. The van der Waals surface area contributed by atoms with Crippen LogP contribution < -0.4 is 5.32 Å². The summed E-state index contributed by atoms with van der Waals surface area (Å²) in [7, 11) is -2.36. The van der Waals surface area contributed by atoms with Gasteiger partial charge in [-0.3, -0.25) is 4.79 Å². The Morgan fingerprint density at radius 2 is 1.77 bits per heavy atom. The highest BCUT2D eigenvalue weighted by Gasteiger charge is 2.26. The van der Waals surface area contributed by atoms with Gasteiger partial charge in [-0.15, -0.1) is 11.3 Å². The van der Waals surface area contributed by atoms with Gasteiger partial charge in [-0.05, 0) is 29.8 Å². The lowest BCUT2D eigenvalue weighted by Crippen LogP contribution is -2.42. The van der Waals surface area contributed by atoms with E-state index < -0.39 is 10.0 Å². The average Bonchev–Trinajstić information content (AvgIpc) is 3.01. The van der Waals surface area contributed by atoms with Gasteiger partial charge >= 0.3 is 0 Å². The van der Waals surface area contributed by atoms with Crippen LogP contribution in [0, 0.1) is 0 Å². The van der Waals surface area contributed by atoms with E-state index in [1.165, 1.54) is 19.2 Å². The highest BCUT2D eigenvalue weighted by molar-refractivity contribution is 7.91. The molecule has 2 aromatic rings. The summed E-state index contributed by atoms with van der Waals surface area (Å²) in [5, 5.41) is 3.44. The number of carbonyl (C=O) groups excluding carboxylic acids is 1. The van der Waals surface area contributed by atoms with Gasteiger partial charge in [0.2, 0.25) is 5.91 Å². The minimum Gasteiger partial charge on any atom is -0.354 e. The van der Waals surface area contributed by atoms with Crippen molar-refractivity contribution in [3.8, 4) is 0 Å². The van der Waals surface area contributed by atoms with E-state index in [1.807, 2.05) is 26.0 Å². The van der Waals surface area contributed by atoms with Gasteiger partial charge in [0.05, 0.1) is 10.9 Å². The molecule has 0 saturated carbocycles. The number of likely N-dealkylation sites (N-methyl/N-ethyl adjacent to an activating group) is 1. The number of amides is 1. The number of benzene rings is 1. The summed E-state index contributed by atoms with van der Waals surface area (Å²) in [5.74, 6) is -0.374. The maximum Gasteiger partial charge on any atom is 0.252 e. The summed E-state index contributed by atoms with van der Waals surface area (Å²) in [6.07, 6.45) is 0. The van der Waals surface area contributed by atoms with Gasteiger partial charge in [-0.2, -0.15) is 4.31 Å². The Morgan fingerprint density at radius 1 is 1.15 bits per heavy atom. The Hall–Kier alpha value is -1.12. The molecule has 0 atom stereocenters. The first-order valence-electron chi connectivity index (χ1n) is 7.77. The molecule has 1 aromatic carbocycles. The third kappa shape index (κ3) is 5.20. The first-order valence-corrected chi connectivity index (χ1v) is 10.8. The van der Waals surface area contributed by atoms with Crippen molar-refractivity contribution in [3.63, 3.8) is 0 Å². The van der Waals surface area contributed by atoms with Crippen LogP contribution in [0.3, 0.4) is 0 Å². The average molecular weight is 435 g/mol. The molecule has 142 valence electrons. The van der Waals surface area contributed by atoms with Crippen LogP contribution in [0.2, 0.25) is 9.36 Å². The first-order chi connectivity index (χ1) is 12.0. The largest absolute Gasteiger partial charge is 0.354 e. The van der Waals surface area contributed by atoms with Crippen molar-refractivity contribution in [1.29, 1.82) is 0 Å². The van der Waals surface area contributed by atoms with Gasteiger partial charge < -0.3 is 5.32 Å². The fourth-order valence-corrected chi connectivity index (χ4v) is 5.20. The van der Waals surface area contributed by atoms with Crippen LogP contribution >= 0.6 is 34.5 Å². The smallest absolute Gasteiger partial charge is 0.252 e. The summed E-state index contributed by atoms with van der Waals surface area (Å²) in [4.78, 5) is 12.2. The van der Waals surface area contributed by atoms with E-state index in [0.29, 0.717) is 15.9 Å². The maximum atomic E-state index is 12.4. The molecule has 0 fully saturated rings. The minimum atomic E-state index is -3.73. The maximum absolute atomic E-state index is 12.4. The second-order valence-electron chi connectivity index (χ2n) is 6.49. The van der Waals surface area contributed by atoms with Gasteiger partial charge in [0.25, 0.3) is 10.0 Å². The zero-order valence-electron chi connectivity index (χ0n) is 14.6. The van der Waals surface area contributed by atoms with E-state index in [0.717, 1.165) is 21.2 Å². The topological polar surface area (TPSA) is 66.5 Å². The van der Waals surface area contributed by atoms with Gasteiger partial charge in [0, 0.05) is 24.0 Å². The zero-order valence-corrected chi connectivity index (χ0v) is 17.8. The molecule has 0 aliphatic heterocycles. The molecule has 0 saturated heterocycles. The molecule has 1 heterocycles. The Bertz CT molecular complexity index is 878. The lowest BCUT2D eigenvalue weighted by Gasteiger charge is -2.26. The third-order valence-electron chi connectivity index (χ3n) is 3.93. The number of hydrogen-bond acceptors (Lipinski definition) is 4. The Balaban J connectivity index is 1.96. The fraction of sp³-hybridized carbons (Fsp3) is 0.353.